The van der Waals surface area contributed by atoms with Crippen molar-refractivity contribution in [3.05, 3.63) is 36.2 Å². The van der Waals surface area contributed by atoms with Gasteiger partial charge in [-0.2, -0.15) is 0 Å². The van der Waals surface area contributed by atoms with E-state index in [-0.39, 0.29) is 36.4 Å². The molecule has 1 aromatic carbocycles. The monoisotopic (exact) mass is 375 g/mol. The van der Waals surface area contributed by atoms with Gasteiger partial charge < -0.3 is 5.11 Å². The van der Waals surface area contributed by atoms with Crippen LogP contribution in [0.1, 0.15) is 10.5 Å². The van der Waals surface area contributed by atoms with E-state index in [9.17, 15) is 4.79 Å². The maximum absolute atomic E-state index is 10.8. The van der Waals surface area contributed by atoms with Gasteiger partial charge in [0.15, 0.2) is 5.69 Å². The van der Waals surface area contributed by atoms with Crippen molar-refractivity contribution in [1.82, 2.24) is 4.98 Å². The number of aromatic carboxylic acids is 1. The van der Waals surface area contributed by atoms with Gasteiger partial charge in [0.25, 0.3) is 0 Å². The number of rotatable bonds is 2. The Bertz CT molecular complexity index is 656. The maximum atomic E-state index is 10.8. The number of aromatic nitrogens is 1. The lowest BCUT2D eigenvalue weighted by Crippen LogP contribution is -1.96. The van der Waals surface area contributed by atoms with Crippen molar-refractivity contribution in [1.29, 1.82) is 0 Å². The second-order valence-electron chi connectivity index (χ2n) is 3.29. The summed E-state index contributed by atoms with van der Waals surface area (Å²) < 4.78 is 0. The molecule has 1 N–H and O–H groups in total. The first-order chi connectivity index (χ1) is 8.84. The summed E-state index contributed by atoms with van der Waals surface area (Å²) in [5.74, 6) is -1.15. The molecule has 2 rings (SSSR count). The molecule has 0 atom stereocenters. The molecular weight excluding hydrogens is 375 g/mol. The third kappa shape index (κ3) is 2.66. The predicted molar refractivity (Wildman–Crippen MR) is 79.6 cm³/mol. The molecule has 0 aliphatic rings. The number of hydrogen-bond donors (Lipinski definition) is 1. The zero-order chi connectivity index (χ0) is 14.3. The molecule has 0 spiro atoms. The first-order valence-corrected chi connectivity index (χ1v) is 7.32. The Morgan fingerprint density at radius 1 is 1.00 bits per heavy atom. The number of halogens is 5. The molecule has 2 aromatic rings. The van der Waals surface area contributed by atoms with Crippen LogP contribution < -0.4 is 0 Å². The van der Waals surface area contributed by atoms with Crippen LogP contribution >= 0.6 is 69.3 Å². The Hall–Kier alpha value is -0.230. The minimum Gasteiger partial charge on any atom is -0.476 e. The highest BCUT2D eigenvalue weighted by atomic mass is 35.5. The van der Waals surface area contributed by atoms with E-state index in [1.807, 2.05) is 0 Å². The number of thiazole rings is 1. The van der Waals surface area contributed by atoms with Crippen molar-refractivity contribution >= 4 is 75.3 Å². The SMILES string of the molecule is O=C(O)c1csc(-c2c(Cl)c(Cl)c(Cl)c(Cl)c2Cl)n1. The highest BCUT2D eigenvalue weighted by Crippen LogP contribution is 2.48. The van der Waals surface area contributed by atoms with Crippen LogP contribution in [0.3, 0.4) is 0 Å². The average Bonchev–Trinajstić information content (AvgIpc) is 2.84. The largest absolute Gasteiger partial charge is 0.476 e. The summed E-state index contributed by atoms with van der Waals surface area (Å²) in [4.78, 5) is 14.7. The lowest BCUT2D eigenvalue weighted by atomic mass is 10.2. The highest BCUT2D eigenvalue weighted by Gasteiger charge is 2.23. The summed E-state index contributed by atoms with van der Waals surface area (Å²) in [7, 11) is 0. The molecular formula is C10H2Cl5NO2S. The van der Waals surface area contributed by atoms with Crippen LogP contribution in [-0.2, 0) is 0 Å². The Morgan fingerprint density at radius 3 is 1.89 bits per heavy atom. The highest BCUT2D eigenvalue weighted by molar-refractivity contribution is 7.13. The van der Waals surface area contributed by atoms with Gasteiger partial charge in [0.05, 0.1) is 30.7 Å². The van der Waals surface area contributed by atoms with Crippen LogP contribution in [0.15, 0.2) is 5.38 Å². The Balaban J connectivity index is 2.71. The van der Waals surface area contributed by atoms with Crippen LogP contribution in [-0.4, -0.2) is 16.1 Å². The molecule has 19 heavy (non-hydrogen) atoms. The van der Waals surface area contributed by atoms with E-state index >= 15 is 0 Å². The summed E-state index contributed by atoms with van der Waals surface area (Å²) in [6.07, 6.45) is 0. The van der Waals surface area contributed by atoms with Gasteiger partial charge in [-0.1, -0.05) is 58.0 Å². The first-order valence-electron chi connectivity index (χ1n) is 4.55. The Morgan fingerprint density at radius 2 is 1.47 bits per heavy atom. The summed E-state index contributed by atoms with van der Waals surface area (Å²) in [5.41, 5.74) is 0.148. The predicted octanol–water partition coefficient (Wildman–Crippen LogP) is 5.78. The second-order valence-corrected chi connectivity index (χ2v) is 6.04. The van der Waals surface area contributed by atoms with Crippen molar-refractivity contribution in [2.45, 2.75) is 0 Å². The smallest absolute Gasteiger partial charge is 0.355 e. The van der Waals surface area contributed by atoms with E-state index in [0.717, 1.165) is 11.3 Å². The molecule has 0 bridgehead atoms. The number of nitrogens with zero attached hydrogens (tertiary/aromatic N) is 1. The van der Waals surface area contributed by atoms with Gasteiger partial charge in [-0.15, -0.1) is 11.3 Å². The molecule has 100 valence electrons. The van der Waals surface area contributed by atoms with Gasteiger partial charge in [-0.3, -0.25) is 0 Å². The van der Waals surface area contributed by atoms with Crippen molar-refractivity contribution in [2.75, 3.05) is 0 Å². The quantitative estimate of drug-likeness (QED) is 0.533. The lowest BCUT2D eigenvalue weighted by Gasteiger charge is -2.10. The van der Waals surface area contributed by atoms with Gasteiger partial charge in [0, 0.05) is 5.38 Å². The van der Waals surface area contributed by atoms with Gasteiger partial charge >= 0.3 is 5.97 Å². The van der Waals surface area contributed by atoms with Crippen LogP contribution in [0.4, 0.5) is 0 Å². The molecule has 0 amide bonds. The minimum absolute atomic E-state index is 0.0390. The van der Waals surface area contributed by atoms with E-state index < -0.39 is 5.97 Å². The number of hydrogen-bond acceptors (Lipinski definition) is 3. The lowest BCUT2D eigenvalue weighted by molar-refractivity contribution is 0.0691. The Kier molecular flexibility index (Phi) is 4.50. The summed E-state index contributed by atoms with van der Waals surface area (Å²) in [5, 5.41) is 10.8. The fourth-order valence-electron chi connectivity index (χ4n) is 1.28. The third-order valence-electron chi connectivity index (χ3n) is 2.15. The Labute approximate surface area is 136 Å². The average molecular weight is 377 g/mol. The van der Waals surface area contributed by atoms with E-state index in [1.165, 1.54) is 5.38 Å². The fourth-order valence-corrected chi connectivity index (χ4v) is 3.56. The molecule has 0 saturated heterocycles. The minimum atomic E-state index is -1.15. The van der Waals surface area contributed by atoms with E-state index in [2.05, 4.69) is 4.98 Å². The van der Waals surface area contributed by atoms with E-state index in [1.54, 1.807) is 0 Å². The fraction of sp³-hybridized carbons (Fsp3) is 0. The van der Waals surface area contributed by atoms with Crippen molar-refractivity contribution in [2.24, 2.45) is 0 Å². The first kappa shape index (κ1) is 15.2. The summed E-state index contributed by atoms with van der Waals surface area (Å²) in [6, 6.07) is 0. The molecule has 0 aliphatic heterocycles. The topological polar surface area (TPSA) is 50.2 Å². The van der Waals surface area contributed by atoms with E-state index in [4.69, 9.17) is 63.1 Å². The summed E-state index contributed by atoms with van der Waals surface area (Å²) in [6.45, 7) is 0. The molecule has 1 heterocycles. The number of carbonyl (C=O) groups is 1. The molecule has 9 heteroatoms. The van der Waals surface area contributed by atoms with Crippen molar-refractivity contribution in [3.8, 4) is 10.6 Å². The maximum Gasteiger partial charge on any atom is 0.355 e. The van der Waals surface area contributed by atoms with Crippen LogP contribution in [0.25, 0.3) is 10.6 Å². The third-order valence-corrected chi connectivity index (χ3v) is 5.28. The second kappa shape index (κ2) is 5.64. The van der Waals surface area contributed by atoms with Gasteiger partial charge in [0.1, 0.15) is 5.01 Å². The molecule has 0 fully saturated rings. The van der Waals surface area contributed by atoms with Gasteiger partial charge in [0.2, 0.25) is 0 Å². The molecule has 3 nitrogen and oxygen atoms in total. The molecule has 0 radical (unpaired) electrons. The van der Waals surface area contributed by atoms with Gasteiger partial charge in [-0.25, -0.2) is 9.78 Å². The van der Waals surface area contributed by atoms with Crippen LogP contribution in [0, 0.1) is 0 Å². The summed E-state index contributed by atoms with van der Waals surface area (Å²) >= 11 is 30.9. The number of carboxylic acids is 1. The van der Waals surface area contributed by atoms with Crippen LogP contribution in [0.2, 0.25) is 25.1 Å². The molecule has 0 saturated carbocycles. The van der Waals surface area contributed by atoms with Gasteiger partial charge in [-0.05, 0) is 0 Å². The zero-order valence-electron chi connectivity index (χ0n) is 8.68. The zero-order valence-corrected chi connectivity index (χ0v) is 13.3. The van der Waals surface area contributed by atoms with E-state index in [0.29, 0.717) is 5.01 Å². The number of benzene rings is 1. The normalized spacial score (nSPS) is 10.8. The molecule has 1 aromatic heterocycles. The molecule has 0 aliphatic carbocycles. The van der Waals surface area contributed by atoms with Crippen molar-refractivity contribution < 1.29 is 9.90 Å². The molecule has 0 unspecified atom stereocenters. The van der Waals surface area contributed by atoms with Crippen LogP contribution in [0.5, 0.6) is 0 Å². The van der Waals surface area contributed by atoms with Crippen molar-refractivity contribution in [3.63, 3.8) is 0 Å². The standard InChI is InChI=1S/C10H2Cl5NO2S/c11-4-3(5(12)7(14)8(15)6(4)13)9-16-2(1-19-9)10(17)18/h1H,(H,17,18). The number of carboxylic acid groups (broad SMARTS) is 1.